The zero-order valence-corrected chi connectivity index (χ0v) is 8.13. The summed E-state index contributed by atoms with van der Waals surface area (Å²) in [4.78, 5) is 13.1. The van der Waals surface area contributed by atoms with E-state index in [1.54, 1.807) is 6.92 Å². The number of hydrogen-bond acceptors (Lipinski definition) is 2. The van der Waals surface area contributed by atoms with Crippen LogP contribution in [0.4, 0.5) is 0 Å². The molecule has 0 radical (unpaired) electrons. The van der Waals surface area contributed by atoms with Crippen LogP contribution in [0.2, 0.25) is 0 Å². The van der Waals surface area contributed by atoms with E-state index >= 15 is 0 Å². The standard InChI is InChI=1S/C9H18N2O/c1-7-4-9(10-8(2)12)6-11(3)5-7/h7,9H,4-6H2,1-3H3,(H,10,12). The highest BCUT2D eigenvalue weighted by Crippen LogP contribution is 2.14. The Kier molecular flexibility index (Phi) is 3.09. The number of carbonyl (C=O) groups excluding carboxylic acids is 1. The van der Waals surface area contributed by atoms with Crippen LogP contribution in [0.1, 0.15) is 20.3 Å². The largest absolute Gasteiger partial charge is 0.352 e. The monoisotopic (exact) mass is 170 g/mol. The average molecular weight is 170 g/mol. The summed E-state index contributed by atoms with van der Waals surface area (Å²) in [5, 5.41) is 2.96. The molecule has 1 saturated heterocycles. The number of amides is 1. The fourth-order valence-electron chi connectivity index (χ4n) is 2.01. The summed E-state index contributed by atoms with van der Waals surface area (Å²) in [5.41, 5.74) is 0. The van der Waals surface area contributed by atoms with Crippen LogP contribution < -0.4 is 5.32 Å². The number of likely N-dealkylation sites (tertiary alicyclic amines) is 1. The van der Waals surface area contributed by atoms with Gasteiger partial charge in [0.15, 0.2) is 0 Å². The molecule has 1 fully saturated rings. The Morgan fingerprint density at radius 1 is 1.50 bits per heavy atom. The summed E-state index contributed by atoms with van der Waals surface area (Å²) >= 11 is 0. The third-order valence-electron chi connectivity index (χ3n) is 2.25. The molecule has 0 aromatic heterocycles. The van der Waals surface area contributed by atoms with Crippen LogP contribution in [0.5, 0.6) is 0 Å². The Morgan fingerprint density at radius 2 is 2.17 bits per heavy atom. The number of piperidine rings is 1. The van der Waals surface area contributed by atoms with Crippen molar-refractivity contribution < 1.29 is 4.79 Å². The van der Waals surface area contributed by atoms with E-state index in [1.807, 2.05) is 0 Å². The number of likely N-dealkylation sites (N-methyl/N-ethyl adjacent to an activating group) is 1. The summed E-state index contributed by atoms with van der Waals surface area (Å²) in [7, 11) is 2.10. The number of nitrogens with one attached hydrogen (secondary N) is 1. The molecule has 70 valence electrons. The zero-order valence-electron chi connectivity index (χ0n) is 8.13. The average Bonchev–Trinajstić information content (AvgIpc) is 1.81. The molecule has 0 bridgehead atoms. The second-order valence-electron chi connectivity index (χ2n) is 3.96. The number of hydrogen-bond donors (Lipinski definition) is 1. The van der Waals surface area contributed by atoms with Gasteiger partial charge in [-0.25, -0.2) is 0 Å². The van der Waals surface area contributed by atoms with E-state index in [1.165, 1.54) is 0 Å². The van der Waals surface area contributed by atoms with Crippen LogP contribution in [-0.2, 0) is 4.79 Å². The van der Waals surface area contributed by atoms with Crippen molar-refractivity contribution in [1.29, 1.82) is 0 Å². The third kappa shape index (κ3) is 2.81. The van der Waals surface area contributed by atoms with Gasteiger partial charge in [0.05, 0.1) is 0 Å². The minimum absolute atomic E-state index is 0.0856. The van der Waals surface area contributed by atoms with Crippen molar-refractivity contribution in [1.82, 2.24) is 10.2 Å². The van der Waals surface area contributed by atoms with E-state index in [2.05, 4.69) is 24.2 Å². The first-order valence-corrected chi connectivity index (χ1v) is 4.53. The van der Waals surface area contributed by atoms with Gasteiger partial charge in [0, 0.05) is 26.1 Å². The highest BCUT2D eigenvalue weighted by Gasteiger charge is 2.22. The molecular formula is C9H18N2O. The maximum atomic E-state index is 10.8. The van der Waals surface area contributed by atoms with Gasteiger partial charge in [-0.15, -0.1) is 0 Å². The Labute approximate surface area is 74.1 Å². The lowest BCUT2D eigenvalue weighted by atomic mass is 9.96. The van der Waals surface area contributed by atoms with E-state index in [-0.39, 0.29) is 5.91 Å². The van der Waals surface area contributed by atoms with Gasteiger partial charge >= 0.3 is 0 Å². The molecule has 2 unspecified atom stereocenters. The predicted octanol–water partition coefficient (Wildman–Crippen LogP) is 0.463. The SMILES string of the molecule is CC(=O)NC1CC(C)CN(C)C1. The lowest BCUT2D eigenvalue weighted by Gasteiger charge is -2.34. The van der Waals surface area contributed by atoms with Crippen LogP contribution in [-0.4, -0.2) is 37.0 Å². The molecule has 1 aliphatic heterocycles. The van der Waals surface area contributed by atoms with E-state index in [0.717, 1.165) is 19.5 Å². The second-order valence-corrected chi connectivity index (χ2v) is 3.96. The Hall–Kier alpha value is -0.570. The van der Waals surface area contributed by atoms with Crippen molar-refractivity contribution in [2.24, 2.45) is 5.92 Å². The smallest absolute Gasteiger partial charge is 0.217 e. The molecule has 1 N–H and O–H groups in total. The highest BCUT2D eigenvalue weighted by atomic mass is 16.1. The van der Waals surface area contributed by atoms with Crippen LogP contribution in [0.25, 0.3) is 0 Å². The molecule has 1 heterocycles. The van der Waals surface area contributed by atoms with Crippen molar-refractivity contribution in [2.45, 2.75) is 26.3 Å². The molecule has 3 heteroatoms. The van der Waals surface area contributed by atoms with Crippen LogP contribution in [0.3, 0.4) is 0 Å². The second kappa shape index (κ2) is 3.90. The molecule has 1 rings (SSSR count). The molecule has 1 amide bonds. The van der Waals surface area contributed by atoms with Crippen LogP contribution in [0, 0.1) is 5.92 Å². The fourth-order valence-corrected chi connectivity index (χ4v) is 2.01. The van der Waals surface area contributed by atoms with Crippen LogP contribution in [0.15, 0.2) is 0 Å². The normalized spacial score (nSPS) is 31.6. The van der Waals surface area contributed by atoms with Gasteiger partial charge in [-0.2, -0.15) is 0 Å². The first-order valence-electron chi connectivity index (χ1n) is 4.53. The van der Waals surface area contributed by atoms with Crippen molar-refractivity contribution in [3.05, 3.63) is 0 Å². The van der Waals surface area contributed by atoms with E-state index in [4.69, 9.17) is 0 Å². The molecule has 0 aromatic carbocycles. The lowest BCUT2D eigenvalue weighted by Crippen LogP contribution is -2.48. The Balaban J connectivity index is 2.38. The summed E-state index contributed by atoms with van der Waals surface area (Å²) in [6.07, 6.45) is 1.12. The summed E-state index contributed by atoms with van der Waals surface area (Å²) in [6.45, 7) is 5.95. The molecule has 3 nitrogen and oxygen atoms in total. The highest BCUT2D eigenvalue weighted by molar-refractivity contribution is 5.73. The van der Waals surface area contributed by atoms with Gasteiger partial charge in [-0.05, 0) is 19.4 Å². The van der Waals surface area contributed by atoms with Crippen molar-refractivity contribution >= 4 is 5.91 Å². The number of carbonyl (C=O) groups is 1. The third-order valence-corrected chi connectivity index (χ3v) is 2.25. The van der Waals surface area contributed by atoms with Crippen molar-refractivity contribution in [3.63, 3.8) is 0 Å². The van der Waals surface area contributed by atoms with Gasteiger partial charge < -0.3 is 10.2 Å². The topological polar surface area (TPSA) is 32.3 Å². The predicted molar refractivity (Wildman–Crippen MR) is 48.9 cm³/mol. The van der Waals surface area contributed by atoms with E-state index in [9.17, 15) is 4.79 Å². The first-order chi connectivity index (χ1) is 5.58. The van der Waals surface area contributed by atoms with Gasteiger partial charge in [-0.3, -0.25) is 4.79 Å². The molecule has 0 aromatic rings. The minimum atomic E-state index is 0.0856. The summed E-state index contributed by atoms with van der Waals surface area (Å²) in [5.74, 6) is 0.781. The first kappa shape index (κ1) is 9.52. The molecule has 0 saturated carbocycles. The van der Waals surface area contributed by atoms with E-state index in [0.29, 0.717) is 12.0 Å². The molecule has 1 aliphatic rings. The maximum absolute atomic E-state index is 10.8. The Morgan fingerprint density at radius 3 is 2.67 bits per heavy atom. The van der Waals surface area contributed by atoms with Gasteiger partial charge in [0.2, 0.25) is 5.91 Å². The maximum Gasteiger partial charge on any atom is 0.217 e. The number of rotatable bonds is 1. The van der Waals surface area contributed by atoms with Gasteiger partial charge in [-0.1, -0.05) is 6.92 Å². The molecule has 12 heavy (non-hydrogen) atoms. The van der Waals surface area contributed by atoms with Gasteiger partial charge in [0.25, 0.3) is 0 Å². The number of nitrogens with zero attached hydrogens (tertiary/aromatic N) is 1. The zero-order chi connectivity index (χ0) is 9.14. The summed E-state index contributed by atoms with van der Waals surface area (Å²) < 4.78 is 0. The molecular weight excluding hydrogens is 152 g/mol. The van der Waals surface area contributed by atoms with Crippen molar-refractivity contribution in [2.75, 3.05) is 20.1 Å². The molecule has 2 atom stereocenters. The Bertz CT molecular complexity index is 160. The molecule has 0 spiro atoms. The van der Waals surface area contributed by atoms with Gasteiger partial charge in [0.1, 0.15) is 0 Å². The van der Waals surface area contributed by atoms with Crippen molar-refractivity contribution in [3.8, 4) is 0 Å². The molecule has 0 aliphatic carbocycles. The quantitative estimate of drug-likeness (QED) is 0.620. The minimum Gasteiger partial charge on any atom is -0.352 e. The summed E-state index contributed by atoms with van der Waals surface area (Å²) in [6, 6.07) is 0.358. The fraction of sp³-hybridized carbons (Fsp3) is 0.889. The van der Waals surface area contributed by atoms with Crippen LogP contribution >= 0.6 is 0 Å². The van der Waals surface area contributed by atoms with E-state index < -0.39 is 0 Å². The lowest BCUT2D eigenvalue weighted by molar-refractivity contribution is -0.120.